The highest BCUT2D eigenvalue weighted by Gasteiger charge is 2.41. The summed E-state index contributed by atoms with van der Waals surface area (Å²) in [5, 5.41) is 0. The average molecular weight is 1320 g/mol. The van der Waals surface area contributed by atoms with Gasteiger partial charge in [-0.25, -0.2) is 0 Å². The summed E-state index contributed by atoms with van der Waals surface area (Å²) >= 11 is 0. The normalized spacial score (nSPS) is 40.9. The third-order valence-electron chi connectivity index (χ3n) is 27.4. The van der Waals surface area contributed by atoms with Crippen molar-refractivity contribution >= 4 is 0 Å². The second kappa shape index (κ2) is 39.5. The highest BCUT2D eigenvalue weighted by molar-refractivity contribution is 4.94. The first-order valence-corrected chi connectivity index (χ1v) is 43.3. The lowest BCUT2D eigenvalue weighted by Gasteiger charge is -2.45. The molecule has 8 unspecified atom stereocenters. The smallest absolute Gasteiger partial charge is 0.00134 e. The first kappa shape index (κ1) is 78.8. The molecular weight excluding hydrogens is 1160 g/mol. The van der Waals surface area contributed by atoms with Gasteiger partial charge in [0.25, 0.3) is 0 Å². The minimum atomic E-state index is 0.892. The maximum atomic E-state index is 2.69. The molecule has 0 aromatic carbocycles. The van der Waals surface area contributed by atoms with E-state index < -0.39 is 0 Å². The quantitative estimate of drug-likeness (QED) is 0.151. The third-order valence-corrected chi connectivity index (χ3v) is 27.4. The predicted octanol–water partition coefficient (Wildman–Crippen LogP) is 18.6. The molecule has 18 aliphatic heterocycles. The van der Waals surface area contributed by atoms with Crippen molar-refractivity contribution in [1.29, 1.82) is 0 Å². The Hall–Kier alpha value is -0.320. The molecule has 18 saturated heterocycles. The molecule has 0 spiro atoms. The molecule has 554 valence electrons. The standard InChI is InChI=1S/C12H23N.5C11H21N.2C10H19N/c1-10(2)7-12-8-11-3-5-13(9-12)6-4-11;1-9(2)7-11-8-12-5-3-10(11)4-6-12;2*1-9(2)5-11-6-10-3-4-12(7-10)8-11;2*1-9(2)6-11-8-12-5-3-4-10(11)7-12;2*1-8(2)5-10-7-11-4-3-9(10)6-11/h10-12H,3-9H2,1-2H3;5*9-11H,3-8H2,1-2H3;2*8-10H,3-7H2,1-2H3/t;;10-,11+;10-,11-;10-,11+;10-,11-;9-,10+;9-,10-/m..110000/s1. The van der Waals surface area contributed by atoms with Crippen LogP contribution in [0.2, 0.25) is 0 Å². The van der Waals surface area contributed by atoms with Gasteiger partial charge in [-0.05, 0) is 355 Å². The van der Waals surface area contributed by atoms with Gasteiger partial charge in [0.15, 0.2) is 0 Å². The summed E-state index contributed by atoms with van der Waals surface area (Å²) in [6, 6.07) is 0. The van der Waals surface area contributed by atoms with E-state index in [1.54, 1.807) is 0 Å². The van der Waals surface area contributed by atoms with Gasteiger partial charge in [-0.15, -0.1) is 0 Å². The molecule has 0 amide bonds. The first-order chi connectivity index (χ1) is 45.5. The van der Waals surface area contributed by atoms with Crippen molar-refractivity contribution in [2.45, 2.75) is 258 Å². The van der Waals surface area contributed by atoms with Crippen LogP contribution >= 0.6 is 0 Å². The summed E-state index contributed by atoms with van der Waals surface area (Å²) < 4.78 is 0. The van der Waals surface area contributed by atoms with Crippen LogP contribution in [0, 0.1) is 142 Å². The molecule has 0 N–H and O–H groups in total. The summed E-state index contributed by atoms with van der Waals surface area (Å²) in [6.45, 7) is 71.2. The van der Waals surface area contributed by atoms with Gasteiger partial charge in [0.05, 0.1) is 0 Å². The van der Waals surface area contributed by atoms with Crippen LogP contribution in [0.25, 0.3) is 0 Å². The van der Waals surface area contributed by atoms with E-state index in [1.165, 1.54) is 305 Å². The van der Waals surface area contributed by atoms with Gasteiger partial charge < -0.3 is 39.2 Å². The fourth-order valence-corrected chi connectivity index (χ4v) is 23.7. The fourth-order valence-electron chi connectivity index (χ4n) is 23.7. The number of piperidine rings is 10. The largest absolute Gasteiger partial charge is 0.303 e. The maximum absolute atomic E-state index is 2.69. The van der Waals surface area contributed by atoms with Crippen molar-refractivity contribution in [3.05, 3.63) is 0 Å². The van der Waals surface area contributed by atoms with E-state index in [4.69, 9.17) is 0 Å². The van der Waals surface area contributed by atoms with Crippen LogP contribution in [0.5, 0.6) is 0 Å². The first-order valence-electron chi connectivity index (χ1n) is 43.3. The molecule has 8 heteroatoms. The number of rotatable bonds is 16. The van der Waals surface area contributed by atoms with E-state index in [1.807, 2.05) is 0 Å². The van der Waals surface area contributed by atoms with Crippen molar-refractivity contribution in [2.75, 3.05) is 157 Å². The molecule has 0 saturated carbocycles. The molecule has 20 atom stereocenters. The van der Waals surface area contributed by atoms with Gasteiger partial charge in [-0.2, -0.15) is 0 Å². The zero-order valence-corrected chi connectivity index (χ0v) is 66.7. The third kappa shape index (κ3) is 26.7. The predicted molar refractivity (Wildman–Crippen MR) is 412 cm³/mol. The van der Waals surface area contributed by atoms with Crippen molar-refractivity contribution in [3.8, 4) is 0 Å². The lowest BCUT2D eigenvalue weighted by Crippen LogP contribution is -2.47. The van der Waals surface area contributed by atoms with E-state index >= 15 is 0 Å². The molecule has 0 radical (unpaired) electrons. The molecular formula is C87H166N8. The summed E-state index contributed by atoms with van der Waals surface area (Å²) in [7, 11) is 0. The Kier molecular flexibility index (Phi) is 32.8. The van der Waals surface area contributed by atoms with E-state index in [2.05, 4.69) is 150 Å². The number of nitrogens with zero attached hydrogens (tertiary/aromatic N) is 8. The van der Waals surface area contributed by atoms with Crippen molar-refractivity contribution in [2.24, 2.45) is 142 Å². The van der Waals surface area contributed by atoms with Crippen LogP contribution in [-0.4, -0.2) is 196 Å². The van der Waals surface area contributed by atoms with Gasteiger partial charge in [-0.1, -0.05) is 111 Å². The Balaban J connectivity index is 0.000000128. The lowest BCUT2D eigenvalue weighted by molar-refractivity contribution is 0.0406. The van der Waals surface area contributed by atoms with Crippen LogP contribution < -0.4 is 0 Å². The number of hydrogen-bond donors (Lipinski definition) is 0. The van der Waals surface area contributed by atoms with E-state index in [-0.39, 0.29) is 0 Å². The Labute approximate surface area is 593 Å². The molecule has 18 fully saturated rings. The van der Waals surface area contributed by atoms with Crippen LogP contribution in [0.3, 0.4) is 0 Å². The zero-order chi connectivity index (χ0) is 67.7. The summed E-state index contributed by atoms with van der Waals surface area (Å²) in [5.74, 6) is 23.9. The average Bonchev–Trinajstić information content (AvgIpc) is 1.75. The van der Waals surface area contributed by atoms with E-state index in [0.717, 1.165) is 142 Å². The summed E-state index contributed by atoms with van der Waals surface area (Å²) in [6.07, 6.45) is 34.0. The van der Waals surface area contributed by atoms with Crippen LogP contribution in [0.4, 0.5) is 0 Å². The Bertz CT molecular complexity index is 1870. The second-order valence-corrected chi connectivity index (χ2v) is 40.3. The number of fused-ring (bicyclic) bond motifs is 19. The van der Waals surface area contributed by atoms with Crippen LogP contribution in [-0.2, 0) is 0 Å². The van der Waals surface area contributed by atoms with Gasteiger partial charge in [0, 0.05) is 91.6 Å². The molecule has 0 aromatic heterocycles. The fraction of sp³-hybridized carbons (Fsp3) is 1.00. The molecule has 0 aromatic rings. The second-order valence-electron chi connectivity index (χ2n) is 40.3. The van der Waals surface area contributed by atoms with Crippen molar-refractivity contribution in [3.63, 3.8) is 0 Å². The van der Waals surface area contributed by atoms with Crippen LogP contribution in [0.1, 0.15) is 258 Å². The van der Waals surface area contributed by atoms with Crippen LogP contribution in [0.15, 0.2) is 0 Å². The molecule has 18 rings (SSSR count). The Morgan fingerprint density at radius 2 is 0.432 bits per heavy atom. The van der Waals surface area contributed by atoms with Crippen molar-refractivity contribution < 1.29 is 0 Å². The van der Waals surface area contributed by atoms with E-state index in [0.29, 0.717) is 0 Å². The van der Waals surface area contributed by atoms with Crippen molar-refractivity contribution in [1.82, 2.24) is 39.2 Å². The van der Waals surface area contributed by atoms with Gasteiger partial charge in [0.1, 0.15) is 0 Å². The molecule has 18 heterocycles. The highest BCUT2D eigenvalue weighted by atomic mass is 15.2. The minimum absolute atomic E-state index is 0.892. The molecule has 8 nitrogen and oxygen atoms in total. The topological polar surface area (TPSA) is 25.9 Å². The minimum Gasteiger partial charge on any atom is -0.303 e. The molecule has 0 aliphatic carbocycles. The lowest BCUT2D eigenvalue weighted by atomic mass is 9.75. The summed E-state index contributed by atoms with van der Waals surface area (Å²) in [4.78, 5) is 21.3. The molecule has 18 aliphatic rings. The molecule has 95 heavy (non-hydrogen) atoms. The maximum Gasteiger partial charge on any atom is 0.00134 e. The van der Waals surface area contributed by atoms with E-state index in [9.17, 15) is 0 Å². The van der Waals surface area contributed by atoms with Gasteiger partial charge in [0.2, 0.25) is 0 Å². The Morgan fingerprint density at radius 1 is 0.200 bits per heavy atom. The highest BCUT2D eigenvalue weighted by Crippen LogP contribution is 2.42. The number of hydrogen-bond acceptors (Lipinski definition) is 8. The van der Waals surface area contributed by atoms with Gasteiger partial charge >= 0.3 is 0 Å². The zero-order valence-electron chi connectivity index (χ0n) is 66.7. The monoisotopic (exact) mass is 1320 g/mol. The summed E-state index contributed by atoms with van der Waals surface area (Å²) in [5.41, 5.74) is 0. The van der Waals surface area contributed by atoms with Gasteiger partial charge in [-0.3, -0.25) is 0 Å². The molecule has 16 bridgehead atoms. The SMILES string of the molecule is CC(C)CC1CC2CCN(CC2)C1.CC(C)CC1CN2CCC1CC2.CC(C)C[C@@H]1CN2CCC[C@H]1C2.CC(C)C[C@@H]1CN2CC[C@H]1C2.CC(C)C[C@@H]1C[C@H]2CCN(C2)C1.CC(C)C[C@H]1CN2CCC[C@H]1C2.CC(C)C[C@H]1CN2CC[C@H]1C2.CC(C)C[C@H]1C[C@H]2CCN(C2)C1. The Morgan fingerprint density at radius 3 is 0.726 bits per heavy atom.